The van der Waals surface area contributed by atoms with E-state index in [1.807, 2.05) is 12.1 Å². The SMILES string of the molecule is CC(NCc1cc2c(cc1Br)OCCO2)C(=O)O. The van der Waals surface area contributed by atoms with E-state index in [2.05, 4.69) is 21.2 Å². The van der Waals surface area contributed by atoms with Crippen molar-refractivity contribution in [1.29, 1.82) is 0 Å². The molecule has 98 valence electrons. The Kier molecular flexibility index (Phi) is 4.08. The maximum absolute atomic E-state index is 10.7. The van der Waals surface area contributed by atoms with Gasteiger partial charge in [-0.1, -0.05) is 15.9 Å². The van der Waals surface area contributed by atoms with Crippen LogP contribution in [0.3, 0.4) is 0 Å². The highest BCUT2D eigenvalue weighted by molar-refractivity contribution is 9.10. The number of carbonyl (C=O) groups is 1. The van der Waals surface area contributed by atoms with Gasteiger partial charge in [-0.3, -0.25) is 4.79 Å². The highest BCUT2D eigenvalue weighted by Crippen LogP contribution is 2.35. The lowest BCUT2D eigenvalue weighted by Crippen LogP contribution is -2.33. The Bertz CT molecular complexity index is 464. The van der Waals surface area contributed by atoms with Crippen molar-refractivity contribution in [2.45, 2.75) is 19.5 Å². The third kappa shape index (κ3) is 2.94. The first-order valence-corrected chi connectivity index (χ1v) is 6.41. The van der Waals surface area contributed by atoms with Gasteiger partial charge in [-0.2, -0.15) is 0 Å². The molecule has 1 aliphatic heterocycles. The van der Waals surface area contributed by atoms with Crippen LogP contribution in [0.4, 0.5) is 0 Å². The average molecular weight is 316 g/mol. The molecule has 1 aliphatic rings. The number of halogens is 1. The van der Waals surface area contributed by atoms with E-state index < -0.39 is 12.0 Å². The lowest BCUT2D eigenvalue weighted by Gasteiger charge is -2.20. The van der Waals surface area contributed by atoms with E-state index in [0.717, 1.165) is 10.0 Å². The number of aliphatic carboxylic acids is 1. The van der Waals surface area contributed by atoms with Crippen LogP contribution in [-0.4, -0.2) is 30.3 Å². The van der Waals surface area contributed by atoms with E-state index in [0.29, 0.717) is 31.3 Å². The molecule has 0 aliphatic carbocycles. The molecule has 0 radical (unpaired) electrons. The van der Waals surface area contributed by atoms with Crippen LogP contribution in [0.25, 0.3) is 0 Å². The highest BCUT2D eigenvalue weighted by atomic mass is 79.9. The van der Waals surface area contributed by atoms with Gasteiger partial charge >= 0.3 is 5.97 Å². The minimum atomic E-state index is -0.872. The van der Waals surface area contributed by atoms with Crippen LogP contribution in [0.5, 0.6) is 11.5 Å². The first-order valence-electron chi connectivity index (χ1n) is 5.62. The summed E-state index contributed by atoms with van der Waals surface area (Å²) in [6.07, 6.45) is 0. The van der Waals surface area contributed by atoms with Gasteiger partial charge in [0.25, 0.3) is 0 Å². The zero-order chi connectivity index (χ0) is 13.1. The number of fused-ring (bicyclic) bond motifs is 1. The minimum Gasteiger partial charge on any atom is -0.486 e. The van der Waals surface area contributed by atoms with Gasteiger partial charge in [0, 0.05) is 11.0 Å². The van der Waals surface area contributed by atoms with Gasteiger partial charge in [0.15, 0.2) is 11.5 Å². The fourth-order valence-electron chi connectivity index (χ4n) is 1.59. The second-order valence-corrected chi connectivity index (χ2v) is 4.88. The quantitative estimate of drug-likeness (QED) is 0.886. The molecule has 1 heterocycles. The molecule has 1 aromatic carbocycles. The number of hydrogen-bond donors (Lipinski definition) is 2. The highest BCUT2D eigenvalue weighted by Gasteiger charge is 2.16. The summed E-state index contributed by atoms with van der Waals surface area (Å²) in [4.78, 5) is 10.7. The topological polar surface area (TPSA) is 67.8 Å². The molecule has 0 bridgehead atoms. The monoisotopic (exact) mass is 315 g/mol. The molecule has 18 heavy (non-hydrogen) atoms. The first-order chi connectivity index (χ1) is 8.58. The average Bonchev–Trinajstić information content (AvgIpc) is 2.35. The molecule has 0 fully saturated rings. The Labute approximate surface area is 113 Å². The molecule has 0 saturated heterocycles. The molecule has 0 saturated carbocycles. The molecule has 1 aromatic rings. The van der Waals surface area contributed by atoms with Gasteiger partial charge < -0.3 is 19.9 Å². The summed E-state index contributed by atoms with van der Waals surface area (Å²) in [5, 5.41) is 11.7. The molecule has 0 amide bonds. The standard InChI is InChI=1S/C12H14BrNO4/c1-7(12(15)16)14-6-8-4-10-11(5-9(8)13)18-3-2-17-10/h4-5,7,14H,2-3,6H2,1H3,(H,15,16). The summed E-state index contributed by atoms with van der Waals surface area (Å²) >= 11 is 3.44. The van der Waals surface area contributed by atoms with E-state index in [4.69, 9.17) is 14.6 Å². The number of carboxylic acids is 1. The van der Waals surface area contributed by atoms with E-state index in [9.17, 15) is 4.79 Å². The molecule has 2 N–H and O–H groups in total. The first kappa shape index (κ1) is 13.2. The van der Waals surface area contributed by atoms with Gasteiger partial charge in [0.2, 0.25) is 0 Å². The third-order valence-electron chi connectivity index (χ3n) is 2.68. The van der Waals surface area contributed by atoms with Crippen LogP contribution in [-0.2, 0) is 11.3 Å². The number of hydrogen-bond acceptors (Lipinski definition) is 4. The van der Waals surface area contributed by atoms with Crippen LogP contribution in [0.1, 0.15) is 12.5 Å². The zero-order valence-corrected chi connectivity index (χ0v) is 11.5. The maximum atomic E-state index is 10.7. The second kappa shape index (κ2) is 5.58. The molecule has 0 spiro atoms. The molecular formula is C12H14BrNO4. The van der Waals surface area contributed by atoms with E-state index in [-0.39, 0.29) is 0 Å². The predicted molar refractivity (Wildman–Crippen MR) is 69.1 cm³/mol. The van der Waals surface area contributed by atoms with Crippen LogP contribution in [0.15, 0.2) is 16.6 Å². The summed E-state index contributed by atoms with van der Waals surface area (Å²) < 4.78 is 11.8. The van der Waals surface area contributed by atoms with Crippen molar-refractivity contribution in [3.05, 3.63) is 22.2 Å². The molecule has 1 unspecified atom stereocenters. The predicted octanol–water partition coefficient (Wildman–Crippen LogP) is 1.78. The summed E-state index contributed by atoms with van der Waals surface area (Å²) in [5.41, 5.74) is 0.937. The lowest BCUT2D eigenvalue weighted by atomic mass is 10.2. The molecule has 2 rings (SSSR count). The number of benzene rings is 1. The van der Waals surface area contributed by atoms with Gasteiger partial charge in [-0.05, 0) is 24.6 Å². The van der Waals surface area contributed by atoms with Gasteiger partial charge in [0.1, 0.15) is 19.3 Å². The summed E-state index contributed by atoms with van der Waals surface area (Å²) in [7, 11) is 0. The summed E-state index contributed by atoms with van der Waals surface area (Å²) in [5.74, 6) is 0.538. The second-order valence-electron chi connectivity index (χ2n) is 4.03. The van der Waals surface area contributed by atoms with Crippen molar-refractivity contribution >= 4 is 21.9 Å². The number of carboxylic acid groups (broad SMARTS) is 1. The van der Waals surface area contributed by atoms with Crippen molar-refractivity contribution in [2.24, 2.45) is 0 Å². The van der Waals surface area contributed by atoms with Crippen molar-refractivity contribution in [1.82, 2.24) is 5.32 Å². The maximum Gasteiger partial charge on any atom is 0.320 e. The smallest absolute Gasteiger partial charge is 0.320 e. The molecule has 1 atom stereocenters. The van der Waals surface area contributed by atoms with Gasteiger partial charge in [-0.15, -0.1) is 0 Å². The third-order valence-corrected chi connectivity index (χ3v) is 3.42. The molecular weight excluding hydrogens is 302 g/mol. The van der Waals surface area contributed by atoms with E-state index in [1.165, 1.54) is 0 Å². The van der Waals surface area contributed by atoms with Crippen LogP contribution in [0, 0.1) is 0 Å². The Morgan fingerprint density at radius 2 is 2.06 bits per heavy atom. The summed E-state index contributed by atoms with van der Waals surface area (Å²) in [6, 6.07) is 3.11. The van der Waals surface area contributed by atoms with Gasteiger partial charge in [-0.25, -0.2) is 0 Å². The fourth-order valence-corrected chi connectivity index (χ4v) is 2.05. The molecule has 6 heteroatoms. The minimum absolute atomic E-state index is 0.449. The largest absolute Gasteiger partial charge is 0.486 e. The number of nitrogens with one attached hydrogen (secondary N) is 1. The lowest BCUT2D eigenvalue weighted by molar-refractivity contribution is -0.139. The summed E-state index contributed by atoms with van der Waals surface area (Å²) in [6.45, 7) is 3.14. The van der Waals surface area contributed by atoms with Crippen LogP contribution >= 0.6 is 15.9 Å². The Balaban J connectivity index is 2.11. The van der Waals surface area contributed by atoms with E-state index in [1.54, 1.807) is 6.92 Å². The molecule has 0 aromatic heterocycles. The number of rotatable bonds is 4. The van der Waals surface area contributed by atoms with Gasteiger partial charge in [0.05, 0.1) is 0 Å². The van der Waals surface area contributed by atoms with Crippen molar-refractivity contribution in [3.63, 3.8) is 0 Å². The van der Waals surface area contributed by atoms with Crippen LogP contribution < -0.4 is 14.8 Å². The van der Waals surface area contributed by atoms with Crippen molar-refractivity contribution in [3.8, 4) is 11.5 Å². The Hall–Kier alpha value is -1.27. The van der Waals surface area contributed by atoms with E-state index >= 15 is 0 Å². The molecule has 5 nitrogen and oxygen atoms in total. The zero-order valence-electron chi connectivity index (χ0n) is 9.90. The number of ether oxygens (including phenoxy) is 2. The van der Waals surface area contributed by atoms with Crippen LogP contribution in [0.2, 0.25) is 0 Å². The fraction of sp³-hybridized carbons (Fsp3) is 0.417. The Morgan fingerprint density at radius 1 is 1.44 bits per heavy atom. The van der Waals surface area contributed by atoms with Crippen molar-refractivity contribution in [2.75, 3.05) is 13.2 Å². The van der Waals surface area contributed by atoms with Crippen molar-refractivity contribution < 1.29 is 19.4 Å². The Morgan fingerprint density at radius 3 is 2.67 bits per heavy atom. The normalized spacial score (nSPS) is 15.2.